The first-order valence-corrected chi connectivity index (χ1v) is 6.08. The van der Waals surface area contributed by atoms with Crippen LogP contribution < -0.4 is 4.74 Å². The van der Waals surface area contributed by atoms with Crippen LogP contribution in [0.25, 0.3) is 0 Å². The Bertz CT molecular complexity index is 339. The van der Waals surface area contributed by atoms with Crippen molar-refractivity contribution in [1.82, 2.24) is 0 Å². The summed E-state index contributed by atoms with van der Waals surface area (Å²) in [6, 6.07) is 7.56. The highest BCUT2D eigenvalue weighted by Crippen LogP contribution is 2.18. The summed E-state index contributed by atoms with van der Waals surface area (Å²) in [6.45, 7) is 2.41. The van der Waals surface area contributed by atoms with E-state index in [9.17, 15) is 0 Å². The molecule has 15 heavy (non-hydrogen) atoms. The van der Waals surface area contributed by atoms with Gasteiger partial charge < -0.3 is 9.94 Å². The molecule has 0 saturated heterocycles. The van der Waals surface area contributed by atoms with Crippen molar-refractivity contribution < 1.29 is 9.94 Å². The molecule has 0 heterocycles. The highest BCUT2D eigenvalue weighted by molar-refractivity contribution is 7.98. The minimum atomic E-state index is 0.565. The largest absolute Gasteiger partial charge is 0.492 e. The second-order valence-corrected chi connectivity index (χ2v) is 4.01. The number of rotatable bonds is 5. The molecule has 0 aliphatic rings. The fourth-order valence-electron chi connectivity index (χ4n) is 1.18. The van der Waals surface area contributed by atoms with Crippen molar-refractivity contribution in [3.63, 3.8) is 0 Å². The van der Waals surface area contributed by atoms with Gasteiger partial charge in [0.1, 0.15) is 5.75 Å². The van der Waals surface area contributed by atoms with Crippen molar-refractivity contribution in [3.8, 4) is 5.75 Å². The third-order valence-electron chi connectivity index (χ3n) is 1.97. The number of oxime groups is 1. The van der Waals surface area contributed by atoms with Crippen molar-refractivity contribution in [3.05, 3.63) is 29.8 Å². The van der Waals surface area contributed by atoms with E-state index in [1.807, 2.05) is 30.5 Å². The van der Waals surface area contributed by atoms with Crippen LogP contribution in [0, 0.1) is 0 Å². The van der Waals surface area contributed by atoms with Crippen LogP contribution in [0.1, 0.15) is 12.5 Å². The van der Waals surface area contributed by atoms with Crippen molar-refractivity contribution in [2.45, 2.75) is 6.92 Å². The van der Waals surface area contributed by atoms with Gasteiger partial charge in [0.25, 0.3) is 0 Å². The first-order chi connectivity index (χ1) is 7.29. The van der Waals surface area contributed by atoms with Gasteiger partial charge in [-0.1, -0.05) is 17.3 Å². The van der Waals surface area contributed by atoms with Gasteiger partial charge in [0.2, 0.25) is 0 Å². The van der Waals surface area contributed by atoms with E-state index in [1.165, 1.54) is 0 Å². The molecule has 0 spiro atoms. The lowest BCUT2D eigenvalue weighted by Crippen LogP contribution is -2.04. The maximum absolute atomic E-state index is 8.71. The van der Waals surface area contributed by atoms with Gasteiger partial charge in [0.05, 0.1) is 12.3 Å². The van der Waals surface area contributed by atoms with E-state index >= 15 is 0 Å². The predicted molar refractivity (Wildman–Crippen MR) is 64.3 cm³/mol. The predicted octanol–water partition coefficient (Wildman–Crippen LogP) is 2.63. The van der Waals surface area contributed by atoms with Crippen molar-refractivity contribution in [1.29, 1.82) is 0 Å². The maximum atomic E-state index is 8.71. The Morgan fingerprint density at radius 1 is 1.47 bits per heavy atom. The van der Waals surface area contributed by atoms with E-state index in [0.29, 0.717) is 12.3 Å². The Balaban J connectivity index is 2.77. The lowest BCUT2D eigenvalue weighted by Gasteiger charge is -2.09. The zero-order chi connectivity index (χ0) is 11.1. The first-order valence-electron chi connectivity index (χ1n) is 4.69. The van der Waals surface area contributed by atoms with Crippen LogP contribution in [0.15, 0.2) is 29.4 Å². The van der Waals surface area contributed by atoms with E-state index in [1.54, 1.807) is 18.7 Å². The smallest absolute Gasteiger partial charge is 0.128 e. The zero-order valence-electron chi connectivity index (χ0n) is 8.93. The summed E-state index contributed by atoms with van der Waals surface area (Å²) in [6.07, 6.45) is 2.04. The van der Waals surface area contributed by atoms with E-state index < -0.39 is 0 Å². The lowest BCUT2D eigenvalue weighted by molar-refractivity contribution is 0.317. The standard InChI is InChI=1S/C11H15NO2S/c1-9(12-13)10-5-3-4-6-11(10)14-7-8-15-2/h3-6,13H,7-8H2,1-2H3/b12-9+. The minimum absolute atomic E-state index is 0.565. The number of benzene rings is 1. The number of para-hydroxylation sites is 1. The quantitative estimate of drug-likeness (QED) is 0.362. The number of nitrogens with zero attached hydrogens (tertiary/aromatic N) is 1. The van der Waals surface area contributed by atoms with Gasteiger partial charge in [0, 0.05) is 11.3 Å². The van der Waals surface area contributed by atoms with Crippen LogP contribution in [0.5, 0.6) is 5.75 Å². The number of hydrogen-bond donors (Lipinski definition) is 1. The Kier molecular flexibility index (Phi) is 5.04. The van der Waals surface area contributed by atoms with Gasteiger partial charge >= 0.3 is 0 Å². The van der Waals surface area contributed by atoms with E-state index in [-0.39, 0.29) is 0 Å². The molecule has 0 aromatic heterocycles. The van der Waals surface area contributed by atoms with E-state index in [4.69, 9.17) is 9.94 Å². The molecule has 1 N–H and O–H groups in total. The lowest BCUT2D eigenvalue weighted by atomic mass is 10.1. The van der Waals surface area contributed by atoms with Crippen LogP contribution in [0.2, 0.25) is 0 Å². The summed E-state index contributed by atoms with van der Waals surface area (Å²) >= 11 is 1.74. The third-order valence-corrected chi connectivity index (χ3v) is 2.55. The summed E-state index contributed by atoms with van der Waals surface area (Å²) in [4.78, 5) is 0. The van der Waals surface area contributed by atoms with Gasteiger partial charge in [-0.25, -0.2) is 0 Å². The Morgan fingerprint density at radius 2 is 2.20 bits per heavy atom. The average Bonchev–Trinajstić information content (AvgIpc) is 2.29. The summed E-state index contributed by atoms with van der Waals surface area (Å²) in [5.41, 5.74) is 1.40. The van der Waals surface area contributed by atoms with Gasteiger partial charge in [-0.05, 0) is 25.3 Å². The maximum Gasteiger partial charge on any atom is 0.128 e. The molecule has 0 radical (unpaired) electrons. The van der Waals surface area contributed by atoms with E-state index in [0.717, 1.165) is 17.1 Å². The molecular formula is C11H15NO2S. The number of ether oxygens (including phenoxy) is 1. The summed E-state index contributed by atoms with van der Waals surface area (Å²) in [5.74, 6) is 1.71. The molecule has 1 rings (SSSR count). The molecule has 1 aromatic carbocycles. The van der Waals surface area contributed by atoms with Crippen LogP contribution in [-0.2, 0) is 0 Å². The number of thioether (sulfide) groups is 1. The van der Waals surface area contributed by atoms with Crippen molar-refractivity contribution in [2.24, 2.45) is 5.16 Å². The molecule has 3 nitrogen and oxygen atoms in total. The summed E-state index contributed by atoms with van der Waals surface area (Å²) in [5, 5.41) is 11.9. The Morgan fingerprint density at radius 3 is 2.87 bits per heavy atom. The van der Waals surface area contributed by atoms with E-state index in [2.05, 4.69) is 5.16 Å². The molecular weight excluding hydrogens is 210 g/mol. The average molecular weight is 225 g/mol. The molecule has 0 amide bonds. The van der Waals surface area contributed by atoms with Gasteiger partial charge in [0.15, 0.2) is 0 Å². The molecule has 82 valence electrons. The fourth-order valence-corrected chi connectivity index (χ4v) is 1.43. The molecule has 0 aliphatic carbocycles. The molecule has 0 unspecified atom stereocenters. The third kappa shape index (κ3) is 3.47. The molecule has 1 aromatic rings. The van der Waals surface area contributed by atoms with Gasteiger partial charge in [-0.2, -0.15) is 11.8 Å². The summed E-state index contributed by atoms with van der Waals surface area (Å²) in [7, 11) is 0. The SMILES string of the molecule is CSCCOc1ccccc1/C(C)=N/O. The van der Waals surface area contributed by atoms with Crippen LogP contribution in [0.3, 0.4) is 0 Å². The Hall–Kier alpha value is -1.16. The number of hydrogen-bond acceptors (Lipinski definition) is 4. The molecule has 0 aliphatic heterocycles. The second kappa shape index (κ2) is 6.35. The molecule has 0 bridgehead atoms. The topological polar surface area (TPSA) is 41.8 Å². The molecule has 0 atom stereocenters. The van der Waals surface area contributed by atoms with Gasteiger partial charge in [-0.15, -0.1) is 0 Å². The first kappa shape index (κ1) is 11.9. The normalized spacial score (nSPS) is 11.5. The molecule has 4 heteroatoms. The summed E-state index contributed by atoms with van der Waals surface area (Å²) < 4.78 is 5.59. The highest BCUT2D eigenvalue weighted by atomic mass is 32.2. The van der Waals surface area contributed by atoms with Crippen molar-refractivity contribution in [2.75, 3.05) is 18.6 Å². The molecule has 0 fully saturated rings. The van der Waals surface area contributed by atoms with Crippen molar-refractivity contribution >= 4 is 17.5 Å². The highest BCUT2D eigenvalue weighted by Gasteiger charge is 2.05. The second-order valence-electron chi connectivity index (χ2n) is 3.02. The minimum Gasteiger partial charge on any atom is -0.492 e. The fraction of sp³-hybridized carbons (Fsp3) is 0.364. The van der Waals surface area contributed by atoms with Crippen LogP contribution in [-0.4, -0.2) is 29.5 Å². The monoisotopic (exact) mass is 225 g/mol. The molecule has 0 saturated carbocycles. The van der Waals surface area contributed by atoms with Crippen LogP contribution in [0.4, 0.5) is 0 Å². The van der Waals surface area contributed by atoms with Gasteiger partial charge in [-0.3, -0.25) is 0 Å². The van der Waals surface area contributed by atoms with Crippen LogP contribution >= 0.6 is 11.8 Å². The zero-order valence-corrected chi connectivity index (χ0v) is 9.75. The Labute approximate surface area is 94.1 Å².